The standard InChI is InChI=1S/C17H28N4/c1-16(13-4-5-13)12-21(10-15-8-9-20(3)19-15)17(2,11-18-16)14-6-7-14/h8-9,13-14,18H,4-7,10-12H2,1-3H3. The molecule has 1 aliphatic heterocycles. The summed E-state index contributed by atoms with van der Waals surface area (Å²) in [6, 6.07) is 2.17. The molecule has 4 nitrogen and oxygen atoms in total. The first-order valence-electron chi connectivity index (χ1n) is 8.48. The second-order valence-electron chi connectivity index (χ2n) is 8.01. The lowest BCUT2D eigenvalue weighted by atomic mass is 9.83. The predicted octanol–water partition coefficient (Wildman–Crippen LogP) is 2.16. The minimum atomic E-state index is 0.309. The van der Waals surface area contributed by atoms with Crippen LogP contribution >= 0.6 is 0 Å². The van der Waals surface area contributed by atoms with E-state index in [9.17, 15) is 0 Å². The van der Waals surface area contributed by atoms with Crippen molar-refractivity contribution in [1.82, 2.24) is 20.0 Å². The quantitative estimate of drug-likeness (QED) is 0.922. The van der Waals surface area contributed by atoms with Gasteiger partial charge in [-0.25, -0.2) is 0 Å². The van der Waals surface area contributed by atoms with E-state index in [0.29, 0.717) is 11.1 Å². The molecule has 2 aliphatic carbocycles. The van der Waals surface area contributed by atoms with Crippen LogP contribution in [0.25, 0.3) is 0 Å². The van der Waals surface area contributed by atoms with Gasteiger partial charge >= 0.3 is 0 Å². The van der Waals surface area contributed by atoms with Crippen molar-refractivity contribution in [1.29, 1.82) is 0 Å². The molecule has 21 heavy (non-hydrogen) atoms. The summed E-state index contributed by atoms with van der Waals surface area (Å²) in [4.78, 5) is 2.74. The molecule has 2 heterocycles. The average Bonchev–Trinajstić information content (AvgIpc) is 3.33. The largest absolute Gasteiger partial charge is 0.308 e. The number of hydrogen-bond donors (Lipinski definition) is 1. The van der Waals surface area contributed by atoms with E-state index >= 15 is 0 Å². The molecule has 1 aromatic rings. The maximum Gasteiger partial charge on any atom is 0.0764 e. The van der Waals surface area contributed by atoms with Crippen LogP contribution in [-0.2, 0) is 13.6 Å². The maximum absolute atomic E-state index is 4.61. The second-order valence-corrected chi connectivity index (χ2v) is 8.01. The zero-order valence-electron chi connectivity index (χ0n) is 13.6. The van der Waals surface area contributed by atoms with Crippen LogP contribution < -0.4 is 5.32 Å². The SMILES string of the molecule is Cn1ccc(CN2CC(C)(C3CC3)NCC2(C)C2CC2)n1. The van der Waals surface area contributed by atoms with Gasteiger partial charge in [0.15, 0.2) is 0 Å². The fourth-order valence-electron chi connectivity index (χ4n) is 4.21. The fourth-order valence-corrected chi connectivity index (χ4v) is 4.21. The number of piperazine rings is 1. The van der Waals surface area contributed by atoms with E-state index in [0.717, 1.165) is 24.9 Å². The van der Waals surface area contributed by atoms with Gasteiger partial charge in [-0.1, -0.05) is 0 Å². The third-order valence-corrected chi connectivity index (χ3v) is 6.15. The molecule has 3 fully saturated rings. The first kappa shape index (κ1) is 13.8. The maximum atomic E-state index is 4.61. The zero-order valence-corrected chi connectivity index (χ0v) is 13.6. The molecule has 2 unspecified atom stereocenters. The molecule has 1 N–H and O–H groups in total. The van der Waals surface area contributed by atoms with E-state index in [1.54, 1.807) is 0 Å². The first-order valence-corrected chi connectivity index (χ1v) is 8.48. The Morgan fingerprint density at radius 1 is 1.24 bits per heavy atom. The molecular weight excluding hydrogens is 260 g/mol. The molecule has 0 amide bonds. The highest BCUT2D eigenvalue weighted by Gasteiger charge is 2.54. The zero-order chi connectivity index (χ0) is 14.7. The Hall–Kier alpha value is -0.870. The van der Waals surface area contributed by atoms with E-state index < -0.39 is 0 Å². The Morgan fingerprint density at radius 2 is 1.95 bits per heavy atom. The van der Waals surface area contributed by atoms with Gasteiger partial charge in [0.05, 0.1) is 5.69 Å². The van der Waals surface area contributed by atoms with E-state index in [1.165, 1.54) is 37.9 Å². The van der Waals surface area contributed by atoms with Gasteiger partial charge in [0, 0.05) is 44.0 Å². The number of hydrogen-bond acceptors (Lipinski definition) is 3. The van der Waals surface area contributed by atoms with Gasteiger partial charge in [-0.05, 0) is 57.4 Å². The van der Waals surface area contributed by atoms with Crippen LogP contribution in [0.15, 0.2) is 12.3 Å². The van der Waals surface area contributed by atoms with Crippen molar-refractivity contribution in [2.45, 2.75) is 57.2 Å². The lowest BCUT2D eigenvalue weighted by Gasteiger charge is -2.53. The number of rotatable bonds is 4. The minimum absolute atomic E-state index is 0.309. The summed E-state index contributed by atoms with van der Waals surface area (Å²) < 4.78 is 1.92. The van der Waals surface area contributed by atoms with Crippen molar-refractivity contribution in [3.05, 3.63) is 18.0 Å². The number of nitrogens with zero attached hydrogens (tertiary/aromatic N) is 3. The number of aryl methyl sites for hydroxylation is 1. The van der Waals surface area contributed by atoms with E-state index in [4.69, 9.17) is 0 Å². The molecule has 3 aliphatic rings. The number of nitrogens with one attached hydrogen (secondary N) is 1. The Bertz CT molecular complexity index is 531. The Labute approximate surface area is 127 Å². The molecule has 116 valence electrons. The molecule has 0 spiro atoms. The fraction of sp³-hybridized carbons (Fsp3) is 0.824. The number of aromatic nitrogens is 2. The van der Waals surface area contributed by atoms with Crippen LogP contribution in [-0.4, -0.2) is 38.8 Å². The van der Waals surface area contributed by atoms with E-state index in [1.807, 2.05) is 11.7 Å². The van der Waals surface area contributed by atoms with Gasteiger partial charge < -0.3 is 5.32 Å². The van der Waals surface area contributed by atoms with Crippen molar-refractivity contribution in [2.75, 3.05) is 13.1 Å². The van der Waals surface area contributed by atoms with Gasteiger partial charge in [0.2, 0.25) is 0 Å². The third kappa shape index (κ3) is 2.42. The minimum Gasteiger partial charge on any atom is -0.308 e. The molecular formula is C17H28N4. The van der Waals surface area contributed by atoms with Crippen LogP contribution in [0.3, 0.4) is 0 Å². The Balaban J connectivity index is 1.57. The predicted molar refractivity (Wildman–Crippen MR) is 83.9 cm³/mol. The van der Waals surface area contributed by atoms with Crippen molar-refractivity contribution in [3.8, 4) is 0 Å². The Kier molecular flexibility index (Phi) is 2.99. The molecule has 1 aromatic heterocycles. The van der Waals surface area contributed by atoms with Crippen LogP contribution in [0.4, 0.5) is 0 Å². The van der Waals surface area contributed by atoms with Crippen molar-refractivity contribution in [3.63, 3.8) is 0 Å². The molecule has 2 saturated carbocycles. The van der Waals surface area contributed by atoms with Gasteiger partial charge in [-0.15, -0.1) is 0 Å². The molecule has 4 rings (SSSR count). The highest BCUT2D eigenvalue weighted by molar-refractivity contribution is 5.13. The smallest absolute Gasteiger partial charge is 0.0764 e. The normalized spacial score (nSPS) is 37.9. The Morgan fingerprint density at radius 3 is 2.52 bits per heavy atom. The molecule has 1 saturated heterocycles. The topological polar surface area (TPSA) is 33.1 Å². The van der Waals surface area contributed by atoms with Gasteiger partial charge in [0.1, 0.15) is 0 Å². The van der Waals surface area contributed by atoms with Crippen LogP contribution in [0, 0.1) is 11.8 Å². The van der Waals surface area contributed by atoms with Crippen LogP contribution in [0.5, 0.6) is 0 Å². The molecule has 2 atom stereocenters. The summed E-state index contributed by atoms with van der Waals surface area (Å²) in [6.07, 6.45) is 7.67. The van der Waals surface area contributed by atoms with Crippen molar-refractivity contribution in [2.24, 2.45) is 18.9 Å². The average molecular weight is 288 g/mol. The molecule has 0 bridgehead atoms. The third-order valence-electron chi connectivity index (χ3n) is 6.15. The highest BCUT2D eigenvalue weighted by atomic mass is 15.3. The van der Waals surface area contributed by atoms with Crippen LogP contribution in [0.2, 0.25) is 0 Å². The molecule has 0 aromatic carbocycles. The van der Waals surface area contributed by atoms with Gasteiger partial charge in [-0.3, -0.25) is 9.58 Å². The summed E-state index contributed by atoms with van der Waals surface area (Å²) >= 11 is 0. The van der Waals surface area contributed by atoms with Gasteiger partial charge in [-0.2, -0.15) is 5.10 Å². The molecule has 4 heteroatoms. The van der Waals surface area contributed by atoms with Crippen molar-refractivity contribution < 1.29 is 0 Å². The lowest BCUT2D eigenvalue weighted by molar-refractivity contribution is -0.00797. The second kappa shape index (κ2) is 4.56. The highest BCUT2D eigenvalue weighted by Crippen LogP contribution is 2.48. The molecule has 0 radical (unpaired) electrons. The van der Waals surface area contributed by atoms with E-state index in [2.05, 4.69) is 41.4 Å². The lowest BCUT2D eigenvalue weighted by Crippen LogP contribution is -2.69. The summed E-state index contributed by atoms with van der Waals surface area (Å²) in [7, 11) is 2.01. The first-order chi connectivity index (χ1) is 9.99. The van der Waals surface area contributed by atoms with Crippen molar-refractivity contribution >= 4 is 0 Å². The van der Waals surface area contributed by atoms with E-state index in [-0.39, 0.29) is 0 Å². The summed E-state index contributed by atoms with van der Waals surface area (Å²) in [5.74, 6) is 1.75. The monoisotopic (exact) mass is 288 g/mol. The summed E-state index contributed by atoms with van der Waals surface area (Å²) in [5, 5.41) is 8.54. The van der Waals surface area contributed by atoms with Crippen LogP contribution in [0.1, 0.15) is 45.2 Å². The van der Waals surface area contributed by atoms with Gasteiger partial charge in [0.25, 0.3) is 0 Å². The summed E-state index contributed by atoms with van der Waals surface area (Å²) in [6.45, 7) is 8.20. The summed E-state index contributed by atoms with van der Waals surface area (Å²) in [5.41, 5.74) is 1.83.